The van der Waals surface area contributed by atoms with Gasteiger partial charge in [0.1, 0.15) is 0 Å². The number of rotatable bonds is 6. The fraction of sp³-hybridized carbons (Fsp3) is 0.227. The molecule has 0 radical (unpaired) electrons. The molecule has 29 heavy (non-hydrogen) atoms. The number of ether oxygens (including phenoxy) is 1. The Hall–Kier alpha value is -3.22. The molecule has 2 aromatic heterocycles. The highest BCUT2D eigenvalue weighted by Crippen LogP contribution is 2.32. The number of alkyl halides is 3. The highest BCUT2D eigenvalue weighted by Gasteiger charge is 2.30. The van der Waals surface area contributed by atoms with Gasteiger partial charge < -0.3 is 4.74 Å². The Morgan fingerprint density at radius 3 is 2.45 bits per heavy atom. The molecule has 0 aliphatic carbocycles. The summed E-state index contributed by atoms with van der Waals surface area (Å²) in [6, 6.07) is 10.2. The number of carbonyl (C=O) groups excluding carboxylic acids is 1. The molecular weight excluding hydrogens is 381 g/mol. The fourth-order valence-corrected chi connectivity index (χ4v) is 2.92. The second-order valence-corrected chi connectivity index (χ2v) is 6.38. The predicted molar refractivity (Wildman–Crippen MR) is 102 cm³/mol. The molecule has 1 aromatic carbocycles. The molecule has 0 aliphatic heterocycles. The summed E-state index contributed by atoms with van der Waals surface area (Å²) < 4.78 is 43.7. The SMILES string of the molecule is CCOC(=O)c1cnc(CCc2cccnc2)c(-c2ccc(C(F)(F)F)cc2)c1. The maximum absolute atomic E-state index is 12.9. The molecule has 0 aliphatic rings. The molecule has 2 heterocycles. The van der Waals surface area contributed by atoms with Gasteiger partial charge in [0.2, 0.25) is 0 Å². The Kier molecular flexibility index (Phi) is 6.26. The smallest absolute Gasteiger partial charge is 0.416 e. The van der Waals surface area contributed by atoms with Crippen molar-refractivity contribution in [3.63, 3.8) is 0 Å². The standard InChI is InChI=1S/C22H19F3N2O2/c1-2-29-21(28)17-12-19(16-6-8-18(9-7-16)22(23,24)25)20(27-14-17)10-5-15-4-3-11-26-13-15/h3-4,6-9,11-14H,2,5,10H2,1H3. The van der Waals surface area contributed by atoms with Crippen LogP contribution in [0.1, 0.15) is 34.1 Å². The van der Waals surface area contributed by atoms with Gasteiger partial charge in [-0.15, -0.1) is 0 Å². The minimum absolute atomic E-state index is 0.219. The van der Waals surface area contributed by atoms with Crippen LogP contribution in [-0.2, 0) is 23.8 Å². The highest BCUT2D eigenvalue weighted by atomic mass is 19.4. The van der Waals surface area contributed by atoms with E-state index in [1.54, 1.807) is 25.4 Å². The Balaban J connectivity index is 1.96. The molecule has 3 aromatic rings. The van der Waals surface area contributed by atoms with Crippen molar-refractivity contribution in [2.45, 2.75) is 25.9 Å². The number of aryl methyl sites for hydroxylation is 2. The van der Waals surface area contributed by atoms with E-state index in [4.69, 9.17) is 4.74 Å². The van der Waals surface area contributed by atoms with E-state index < -0.39 is 17.7 Å². The molecule has 0 unspecified atom stereocenters. The molecule has 4 nitrogen and oxygen atoms in total. The number of hydrogen-bond donors (Lipinski definition) is 0. The predicted octanol–water partition coefficient (Wildman–Crippen LogP) is 5.12. The summed E-state index contributed by atoms with van der Waals surface area (Å²) >= 11 is 0. The molecule has 0 amide bonds. The van der Waals surface area contributed by atoms with Crippen LogP contribution >= 0.6 is 0 Å². The zero-order valence-corrected chi connectivity index (χ0v) is 15.7. The highest BCUT2D eigenvalue weighted by molar-refractivity contribution is 5.91. The van der Waals surface area contributed by atoms with Crippen molar-refractivity contribution in [2.24, 2.45) is 0 Å². The lowest BCUT2D eigenvalue weighted by Crippen LogP contribution is -2.08. The number of benzene rings is 1. The zero-order valence-electron chi connectivity index (χ0n) is 15.7. The average Bonchev–Trinajstić information content (AvgIpc) is 2.72. The van der Waals surface area contributed by atoms with Crippen LogP contribution in [0.4, 0.5) is 13.2 Å². The summed E-state index contributed by atoms with van der Waals surface area (Å²) in [6.07, 6.45) is 1.67. The van der Waals surface area contributed by atoms with Gasteiger partial charge in [0.05, 0.1) is 17.7 Å². The molecule has 0 N–H and O–H groups in total. The molecule has 7 heteroatoms. The Morgan fingerprint density at radius 2 is 1.83 bits per heavy atom. The van der Waals surface area contributed by atoms with Crippen LogP contribution in [0.25, 0.3) is 11.1 Å². The van der Waals surface area contributed by atoms with Gasteiger partial charge in [-0.3, -0.25) is 9.97 Å². The van der Waals surface area contributed by atoms with Crippen LogP contribution in [-0.4, -0.2) is 22.5 Å². The molecule has 0 saturated carbocycles. The summed E-state index contributed by atoms with van der Waals surface area (Å²) in [7, 11) is 0. The van der Waals surface area contributed by atoms with Crippen LogP contribution < -0.4 is 0 Å². The van der Waals surface area contributed by atoms with Crippen LogP contribution in [0.3, 0.4) is 0 Å². The average molecular weight is 400 g/mol. The third-order valence-electron chi connectivity index (χ3n) is 4.38. The zero-order chi connectivity index (χ0) is 20.9. The first-order chi connectivity index (χ1) is 13.9. The van der Waals surface area contributed by atoms with Gasteiger partial charge in [-0.1, -0.05) is 18.2 Å². The van der Waals surface area contributed by atoms with E-state index in [9.17, 15) is 18.0 Å². The molecule has 150 valence electrons. The minimum atomic E-state index is -4.41. The second kappa shape index (κ2) is 8.86. The summed E-state index contributed by atoms with van der Waals surface area (Å²) in [4.78, 5) is 20.6. The maximum Gasteiger partial charge on any atom is 0.416 e. The van der Waals surface area contributed by atoms with Gasteiger partial charge in [-0.25, -0.2) is 4.79 Å². The first-order valence-electron chi connectivity index (χ1n) is 9.11. The number of carbonyl (C=O) groups is 1. The molecule has 0 atom stereocenters. The van der Waals surface area contributed by atoms with E-state index in [-0.39, 0.29) is 12.2 Å². The van der Waals surface area contributed by atoms with Crippen LogP contribution in [0.2, 0.25) is 0 Å². The number of pyridine rings is 2. The van der Waals surface area contributed by atoms with E-state index in [1.807, 2.05) is 12.1 Å². The maximum atomic E-state index is 12.9. The normalized spacial score (nSPS) is 11.3. The number of hydrogen-bond acceptors (Lipinski definition) is 4. The molecule has 0 fully saturated rings. The van der Waals surface area contributed by atoms with Gasteiger partial charge >= 0.3 is 12.1 Å². The molecule has 0 saturated heterocycles. The van der Waals surface area contributed by atoms with Crippen molar-refractivity contribution < 1.29 is 22.7 Å². The van der Waals surface area contributed by atoms with Gasteiger partial charge in [-0.2, -0.15) is 13.2 Å². The van der Waals surface area contributed by atoms with Gasteiger partial charge in [0, 0.05) is 29.8 Å². The van der Waals surface area contributed by atoms with Crippen molar-refractivity contribution >= 4 is 5.97 Å². The third kappa shape index (κ3) is 5.19. The molecular formula is C22H19F3N2O2. The second-order valence-electron chi connectivity index (χ2n) is 6.38. The number of aromatic nitrogens is 2. The van der Waals surface area contributed by atoms with Crippen molar-refractivity contribution in [3.8, 4) is 11.1 Å². The van der Waals surface area contributed by atoms with E-state index in [1.165, 1.54) is 18.3 Å². The van der Waals surface area contributed by atoms with Crippen molar-refractivity contribution in [1.82, 2.24) is 9.97 Å². The summed E-state index contributed by atoms with van der Waals surface area (Å²) in [6.45, 7) is 1.92. The van der Waals surface area contributed by atoms with E-state index >= 15 is 0 Å². The first kappa shape index (κ1) is 20.5. The van der Waals surface area contributed by atoms with Gasteiger partial charge in [-0.05, 0) is 55.2 Å². The summed E-state index contributed by atoms with van der Waals surface area (Å²) in [5.74, 6) is -0.521. The molecule has 0 bridgehead atoms. The van der Waals surface area contributed by atoms with Crippen LogP contribution in [0, 0.1) is 0 Å². The van der Waals surface area contributed by atoms with E-state index in [2.05, 4.69) is 9.97 Å². The quantitative estimate of drug-likeness (QED) is 0.539. The van der Waals surface area contributed by atoms with Crippen molar-refractivity contribution in [1.29, 1.82) is 0 Å². The third-order valence-corrected chi connectivity index (χ3v) is 4.38. The Labute approximate surface area is 166 Å². The first-order valence-corrected chi connectivity index (χ1v) is 9.11. The lowest BCUT2D eigenvalue weighted by atomic mass is 9.97. The molecule has 0 spiro atoms. The lowest BCUT2D eigenvalue weighted by molar-refractivity contribution is -0.137. The lowest BCUT2D eigenvalue weighted by Gasteiger charge is -2.13. The van der Waals surface area contributed by atoms with Crippen LogP contribution in [0.15, 0.2) is 61.1 Å². The topological polar surface area (TPSA) is 52.1 Å². The monoisotopic (exact) mass is 400 g/mol. The fourth-order valence-electron chi connectivity index (χ4n) is 2.92. The van der Waals surface area contributed by atoms with Crippen LogP contribution in [0.5, 0.6) is 0 Å². The number of esters is 1. The largest absolute Gasteiger partial charge is 0.462 e. The number of halogens is 3. The van der Waals surface area contributed by atoms with E-state index in [0.29, 0.717) is 29.7 Å². The Bertz CT molecular complexity index is 972. The minimum Gasteiger partial charge on any atom is -0.462 e. The summed E-state index contributed by atoms with van der Waals surface area (Å²) in [5.41, 5.74) is 2.38. The summed E-state index contributed by atoms with van der Waals surface area (Å²) in [5, 5.41) is 0. The van der Waals surface area contributed by atoms with E-state index in [0.717, 1.165) is 17.7 Å². The number of nitrogens with zero attached hydrogens (tertiary/aromatic N) is 2. The molecule has 3 rings (SSSR count). The Morgan fingerprint density at radius 1 is 1.07 bits per heavy atom. The van der Waals surface area contributed by atoms with Gasteiger partial charge in [0.15, 0.2) is 0 Å². The van der Waals surface area contributed by atoms with Gasteiger partial charge in [0.25, 0.3) is 0 Å². The van der Waals surface area contributed by atoms with Crippen molar-refractivity contribution in [3.05, 3.63) is 83.4 Å². The van der Waals surface area contributed by atoms with Crippen molar-refractivity contribution in [2.75, 3.05) is 6.61 Å².